The van der Waals surface area contributed by atoms with Crippen LogP contribution in [0.4, 0.5) is 5.82 Å². The molecule has 0 saturated heterocycles. The first kappa shape index (κ1) is 21.0. The summed E-state index contributed by atoms with van der Waals surface area (Å²) >= 11 is 0. The fraction of sp³-hybridized carbons (Fsp3) is 0.167. The standard InChI is InChI=1S/C24H24N6O2/c1-17-16-18(2)30(29-17)23-13-12-22(27-28-23)25-14-15-26-24(31)20-10-6-7-11-21(20)32-19-8-4-3-5-9-19/h3-13,16H,14-15H2,1-2H3,(H,25,27)(H,26,31). The Bertz CT molecular complexity index is 1190. The second kappa shape index (κ2) is 9.74. The molecule has 4 aromatic rings. The summed E-state index contributed by atoms with van der Waals surface area (Å²) in [6, 6.07) is 22.2. The molecule has 0 atom stereocenters. The molecule has 0 bridgehead atoms. The van der Waals surface area contributed by atoms with E-state index in [9.17, 15) is 4.79 Å². The van der Waals surface area contributed by atoms with Crippen molar-refractivity contribution in [2.75, 3.05) is 18.4 Å². The van der Waals surface area contributed by atoms with Crippen molar-refractivity contribution in [3.05, 3.63) is 89.7 Å². The van der Waals surface area contributed by atoms with E-state index >= 15 is 0 Å². The van der Waals surface area contributed by atoms with Crippen LogP contribution in [0.25, 0.3) is 5.82 Å². The number of anilines is 1. The van der Waals surface area contributed by atoms with Gasteiger partial charge in [-0.1, -0.05) is 30.3 Å². The van der Waals surface area contributed by atoms with E-state index in [4.69, 9.17) is 4.74 Å². The monoisotopic (exact) mass is 428 g/mol. The zero-order chi connectivity index (χ0) is 22.3. The Labute approximate surface area is 186 Å². The van der Waals surface area contributed by atoms with Gasteiger partial charge in [-0.3, -0.25) is 4.79 Å². The number of rotatable bonds is 8. The highest BCUT2D eigenvalue weighted by atomic mass is 16.5. The Hall–Kier alpha value is -4.20. The van der Waals surface area contributed by atoms with Gasteiger partial charge in [-0.2, -0.15) is 5.10 Å². The zero-order valence-electron chi connectivity index (χ0n) is 17.9. The maximum Gasteiger partial charge on any atom is 0.255 e. The lowest BCUT2D eigenvalue weighted by atomic mass is 10.2. The third-order valence-electron chi connectivity index (χ3n) is 4.70. The van der Waals surface area contributed by atoms with E-state index in [0.29, 0.717) is 41.8 Å². The summed E-state index contributed by atoms with van der Waals surface area (Å²) in [5, 5.41) is 18.9. The average molecular weight is 428 g/mol. The Morgan fingerprint density at radius 3 is 2.44 bits per heavy atom. The number of hydrogen-bond acceptors (Lipinski definition) is 6. The number of nitrogens with zero attached hydrogens (tertiary/aromatic N) is 4. The molecular weight excluding hydrogens is 404 g/mol. The van der Waals surface area contributed by atoms with E-state index in [2.05, 4.69) is 25.9 Å². The maximum atomic E-state index is 12.6. The molecule has 0 fully saturated rings. The SMILES string of the molecule is Cc1cc(C)n(-c2ccc(NCCNC(=O)c3ccccc3Oc3ccccc3)nn2)n1. The van der Waals surface area contributed by atoms with E-state index in [1.165, 1.54) is 0 Å². The van der Waals surface area contributed by atoms with Crippen molar-refractivity contribution in [3.63, 3.8) is 0 Å². The van der Waals surface area contributed by atoms with E-state index < -0.39 is 0 Å². The van der Waals surface area contributed by atoms with Crippen molar-refractivity contribution in [2.45, 2.75) is 13.8 Å². The van der Waals surface area contributed by atoms with Crippen LogP contribution in [0, 0.1) is 13.8 Å². The smallest absolute Gasteiger partial charge is 0.255 e. The number of aryl methyl sites for hydroxylation is 2. The molecule has 0 radical (unpaired) electrons. The van der Waals surface area contributed by atoms with Crippen molar-refractivity contribution in [1.29, 1.82) is 0 Å². The third kappa shape index (κ3) is 5.10. The molecule has 8 nitrogen and oxygen atoms in total. The van der Waals surface area contributed by atoms with Crippen LogP contribution in [-0.4, -0.2) is 39.0 Å². The Kier molecular flexibility index (Phi) is 6.41. The van der Waals surface area contributed by atoms with Crippen LogP contribution in [-0.2, 0) is 0 Å². The van der Waals surface area contributed by atoms with Crippen LogP contribution in [0.1, 0.15) is 21.7 Å². The number of amides is 1. The quantitative estimate of drug-likeness (QED) is 0.413. The molecular formula is C24H24N6O2. The number of para-hydroxylation sites is 2. The predicted octanol–water partition coefficient (Wildman–Crippen LogP) is 3.91. The van der Waals surface area contributed by atoms with Crippen LogP contribution in [0.2, 0.25) is 0 Å². The first-order valence-electron chi connectivity index (χ1n) is 10.3. The molecule has 0 saturated carbocycles. The lowest BCUT2D eigenvalue weighted by molar-refractivity contribution is 0.0953. The summed E-state index contributed by atoms with van der Waals surface area (Å²) in [4.78, 5) is 12.6. The minimum Gasteiger partial charge on any atom is -0.457 e. The number of hydrogen-bond donors (Lipinski definition) is 2. The molecule has 1 amide bonds. The summed E-state index contributed by atoms with van der Waals surface area (Å²) in [6.45, 7) is 4.83. The van der Waals surface area contributed by atoms with Gasteiger partial charge in [-0.15, -0.1) is 10.2 Å². The van der Waals surface area contributed by atoms with Gasteiger partial charge < -0.3 is 15.4 Å². The molecule has 0 aliphatic carbocycles. The van der Waals surface area contributed by atoms with Gasteiger partial charge >= 0.3 is 0 Å². The van der Waals surface area contributed by atoms with E-state index in [1.807, 2.05) is 74.5 Å². The van der Waals surface area contributed by atoms with Gasteiger partial charge in [0.05, 0.1) is 11.3 Å². The maximum absolute atomic E-state index is 12.6. The van der Waals surface area contributed by atoms with E-state index in [1.54, 1.807) is 16.8 Å². The molecule has 2 heterocycles. The summed E-state index contributed by atoms with van der Waals surface area (Å²) in [6.07, 6.45) is 0. The molecule has 0 spiro atoms. The minimum absolute atomic E-state index is 0.204. The number of benzene rings is 2. The Balaban J connectivity index is 1.30. The lowest BCUT2D eigenvalue weighted by Crippen LogP contribution is -2.29. The number of ether oxygens (including phenoxy) is 1. The van der Waals surface area contributed by atoms with Gasteiger partial charge in [0.2, 0.25) is 0 Å². The van der Waals surface area contributed by atoms with Gasteiger partial charge in [0, 0.05) is 18.8 Å². The second-order valence-corrected chi connectivity index (χ2v) is 7.21. The highest BCUT2D eigenvalue weighted by Gasteiger charge is 2.12. The second-order valence-electron chi connectivity index (χ2n) is 7.21. The first-order valence-corrected chi connectivity index (χ1v) is 10.3. The molecule has 0 aliphatic rings. The Morgan fingerprint density at radius 2 is 1.72 bits per heavy atom. The number of carbonyl (C=O) groups excluding carboxylic acids is 1. The van der Waals surface area contributed by atoms with Crippen molar-refractivity contribution in [1.82, 2.24) is 25.3 Å². The summed E-state index contributed by atoms with van der Waals surface area (Å²) < 4.78 is 7.61. The van der Waals surface area contributed by atoms with E-state index in [-0.39, 0.29) is 5.91 Å². The fourth-order valence-corrected chi connectivity index (χ4v) is 3.21. The van der Waals surface area contributed by atoms with Crippen molar-refractivity contribution >= 4 is 11.7 Å². The molecule has 0 unspecified atom stereocenters. The van der Waals surface area contributed by atoms with Crippen LogP contribution in [0.5, 0.6) is 11.5 Å². The van der Waals surface area contributed by atoms with Crippen molar-refractivity contribution in [3.8, 4) is 17.3 Å². The zero-order valence-corrected chi connectivity index (χ0v) is 17.9. The van der Waals surface area contributed by atoms with Gasteiger partial charge in [-0.05, 0) is 56.3 Å². The first-order chi connectivity index (χ1) is 15.6. The number of aromatic nitrogens is 4. The number of carbonyl (C=O) groups is 1. The van der Waals surface area contributed by atoms with Crippen LogP contribution in [0.3, 0.4) is 0 Å². The van der Waals surface area contributed by atoms with Crippen LogP contribution in [0.15, 0.2) is 72.8 Å². The summed E-state index contributed by atoms with van der Waals surface area (Å²) in [5.74, 6) is 2.26. The third-order valence-corrected chi connectivity index (χ3v) is 4.70. The largest absolute Gasteiger partial charge is 0.457 e. The van der Waals surface area contributed by atoms with Gasteiger partial charge in [0.1, 0.15) is 17.3 Å². The van der Waals surface area contributed by atoms with Gasteiger partial charge in [0.15, 0.2) is 5.82 Å². The summed E-state index contributed by atoms with van der Waals surface area (Å²) in [5.41, 5.74) is 2.40. The van der Waals surface area contributed by atoms with Crippen LogP contribution >= 0.6 is 0 Å². The van der Waals surface area contributed by atoms with Crippen molar-refractivity contribution in [2.24, 2.45) is 0 Å². The van der Waals surface area contributed by atoms with Gasteiger partial charge in [0.25, 0.3) is 5.91 Å². The molecule has 0 aliphatic heterocycles. The highest BCUT2D eigenvalue weighted by molar-refractivity contribution is 5.97. The normalized spacial score (nSPS) is 10.6. The fourth-order valence-electron chi connectivity index (χ4n) is 3.21. The molecule has 2 aromatic heterocycles. The molecule has 32 heavy (non-hydrogen) atoms. The van der Waals surface area contributed by atoms with E-state index in [0.717, 1.165) is 11.4 Å². The minimum atomic E-state index is -0.204. The highest BCUT2D eigenvalue weighted by Crippen LogP contribution is 2.24. The average Bonchev–Trinajstić information content (AvgIpc) is 3.16. The molecule has 162 valence electrons. The van der Waals surface area contributed by atoms with Gasteiger partial charge in [-0.25, -0.2) is 4.68 Å². The van der Waals surface area contributed by atoms with Crippen molar-refractivity contribution < 1.29 is 9.53 Å². The molecule has 2 N–H and O–H groups in total. The predicted molar refractivity (Wildman–Crippen MR) is 122 cm³/mol. The lowest BCUT2D eigenvalue weighted by Gasteiger charge is -2.12. The molecule has 8 heteroatoms. The summed E-state index contributed by atoms with van der Waals surface area (Å²) in [7, 11) is 0. The number of nitrogens with one attached hydrogen (secondary N) is 2. The molecule has 2 aromatic carbocycles. The topological polar surface area (TPSA) is 94.0 Å². The molecule has 4 rings (SSSR count). The van der Waals surface area contributed by atoms with Crippen LogP contribution < -0.4 is 15.4 Å². The Morgan fingerprint density at radius 1 is 0.938 bits per heavy atom.